The second-order valence-electron chi connectivity index (χ2n) is 6.58. The standard InChI is InChI=1S/C21H23N3O/c1-25-19-8-9-20(16-6-7-16)18(12-19)13-23-21-5-3-2-4-17(21)14-24-11-10-22-15-24/h2-5,8-12,15-16,23H,6-7,13-14H2,1H3. The molecular weight excluding hydrogens is 310 g/mol. The Hall–Kier alpha value is -2.75. The van der Waals surface area contributed by atoms with Gasteiger partial charge in [-0.1, -0.05) is 24.3 Å². The van der Waals surface area contributed by atoms with Crippen LogP contribution in [0, 0.1) is 0 Å². The number of hydrogen-bond acceptors (Lipinski definition) is 3. The molecule has 1 aliphatic rings. The Labute approximate surface area is 148 Å². The van der Waals surface area contributed by atoms with Gasteiger partial charge in [-0.3, -0.25) is 0 Å². The number of anilines is 1. The van der Waals surface area contributed by atoms with Crippen LogP contribution in [0.4, 0.5) is 5.69 Å². The first-order valence-electron chi connectivity index (χ1n) is 8.78. The Kier molecular flexibility index (Phi) is 4.42. The van der Waals surface area contributed by atoms with Crippen molar-refractivity contribution < 1.29 is 4.74 Å². The molecule has 0 aliphatic heterocycles. The highest BCUT2D eigenvalue weighted by Gasteiger charge is 2.26. The summed E-state index contributed by atoms with van der Waals surface area (Å²) in [6.07, 6.45) is 8.26. The number of nitrogens with one attached hydrogen (secondary N) is 1. The number of nitrogens with zero attached hydrogens (tertiary/aromatic N) is 2. The molecule has 1 fully saturated rings. The lowest BCUT2D eigenvalue weighted by Crippen LogP contribution is -2.07. The molecule has 2 aromatic carbocycles. The minimum absolute atomic E-state index is 0.726. The van der Waals surface area contributed by atoms with E-state index in [1.807, 2.05) is 18.7 Å². The van der Waals surface area contributed by atoms with Gasteiger partial charge in [0.2, 0.25) is 0 Å². The van der Waals surface area contributed by atoms with E-state index < -0.39 is 0 Å². The molecule has 1 aromatic heterocycles. The monoisotopic (exact) mass is 333 g/mol. The molecule has 0 atom stereocenters. The Morgan fingerprint density at radius 3 is 2.80 bits per heavy atom. The van der Waals surface area contributed by atoms with Crippen molar-refractivity contribution in [2.45, 2.75) is 31.8 Å². The van der Waals surface area contributed by atoms with E-state index >= 15 is 0 Å². The van der Waals surface area contributed by atoms with Crippen LogP contribution in [0.2, 0.25) is 0 Å². The minimum Gasteiger partial charge on any atom is -0.497 e. The number of rotatable bonds is 7. The van der Waals surface area contributed by atoms with Crippen LogP contribution < -0.4 is 10.1 Å². The van der Waals surface area contributed by atoms with Crippen LogP contribution in [0.5, 0.6) is 5.75 Å². The zero-order valence-electron chi connectivity index (χ0n) is 14.5. The maximum atomic E-state index is 5.42. The van der Waals surface area contributed by atoms with Crippen LogP contribution in [0.15, 0.2) is 61.2 Å². The predicted molar refractivity (Wildman–Crippen MR) is 100 cm³/mol. The molecule has 4 heteroatoms. The number of ether oxygens (including phenoxy) is 1. The Morgan fingerprint density at radius 2 is 2.04 bits per heavy atom. The third kappa shape index (κ3) is 3.68. The van der Waals surface area contributed by atoms with Gasteiger partial charge in [-0.15, -0.1) is 0 Å². The van der Waals surface area contributed by atoms with Crippen molar-refractivity contribution in [3.63, 3.8) is 0 Å². The van der Waals surface area contributed by atoms with E-state index in [4.69, 9.17) is 4.74 Å². The fourth-order valence-corrected chi connectivity index (χ4v) is 3.25. The second-order valence-corrected chi connectivity index (χ2v) is 6.58. The van der Waals surface area contributed by atoms with Crippen LogP contribution in [0.1, 0.15) is 35.4 Å². The topological polar surface area (TPSA) is 39.1 Å². The van der Waals surface area contributed by atoms with Gasteiger partial charge in [0.1, 0.15) is 5.75 Å². The van der Waals surface area contributed by atoms with Crippen LogP contribution in [-0.4, -0.2) is 16.7 Å². The van der Waals surface area contributed by atoms with Gasteiger partial charge in [-0.25, -0.2) is 4.98 Å². The Balaban J connectivity index is 1.54. The molecule has 0 bridgehead atoms. The smallest absolute Gasteiger partial charge is 0.119 e. The maximum absolute atomic E-state index is 5.42. The van der Waals surface area contributed by atoms with E-state index in [2.05, 4.69) is 57.3 Å². The van der Waals surface area contributed by atoms with Crippen LogP contribution in [-0.2, 0) is 13.1 Å². The lowest BCUT2D eigenvalue weighted by atomic mass is 10.0. The third-order valence-corrected chi connectivity index (χ3v) is 4.77. The number of para-hydroxylation sites is 1. The Morgan fingerprint density at radius 1 is 1.16 bits per heavy atom. The summed E-state index contributed by atoms with van der Waals surface area (Å²) in [5.74, 6) is 1.65. The third-order valence-electron chi connectivity index (χ3n) is 4.77. The van der Waals surface area contributed by atoms with Crippen molar-refractivity contribution >= 4 is 5.69 Å². The summed E-state index contributed by atoms with van der Waals surface area (Å²) in [6, 6.07) is 14.9. The zero-order chi connectivity index (χ0) is 17.1. The maximum Gasteiger partial charge on any atom is 0.119 e. The minimum atomic E-state index is 0.726. The largest absolute Gasteiger partial charge is 0.497 e. The second kappa shape index (κ2) is 7.01. The van der Waals surface area contributed by atoms with Crippen LogP contribution in [0.25, 0.3) is 0 Å². The molecule has 0 amide bonds. The summed E-state index contributed by atoms with van der Waals surface area (Å²) in [5.41, 5.74) is 5.22. The summed E-state index contributed by atoms with van der Waals surface area (Å²) in [4.78, 5) is 4.13. The van der Waals surface area contributed by atoms with E-state index in [1.54, 1.807) is 7.11 Å². The number of methoxy groups -OCH3 is 1. The Bertz CT molecular complexity index is 838. The fourth-order valence-electron chi connectivity index (χ4n) is 3.25. The molecule has 3 aromatic rings. The van der Waals surface area contributed by atoms with Gasteiger partial charge in [0.15, 0.2) is 0 Å². The van der Waals surface area contributed by atoms with Gasteiger partial charge in [-0.2, -0.15) is 0 Å². The zero-order valence-corrected chi connectivity index (χ0v) is 14.5. The van der Waals surface area contributed by atoms with Gasteiger partial charge in [0.25, 0.3) is 0 Å². The first-order chi connectivity index (χ1) is 12.3. The highest BCUT2D eigenvalue weighted by atomic mass is 16.5. The predicted octanol–water partition coefficient (Wildman–Crippen LogP) is 4.43. The van der Waals surface area contributed by atoms with E-state index in [-0.39, 0.29) is 0 Å². The van der Waals surface area contributed by atoms with Crippen LogP contribution >= 0.6 is 0 Å². The molecule has 0 unspecified atom stereocenters. The molecular formula is C21H23N3O. The molecule has 25 heavy (non-hydrogen) atoms. The molecule has 4 nitrogen and oxygen atoms in total. The first kappa shape index (κ1) is 15.8. The number of imidazole rings is 1. The van der Waals surface area contributed by atoms with Crippen molar-refractivity contribution in [3.8, 4) is 5.75 Å². The van der Waals surface area contributed by atoms with E-state index in [1.165, 1.54) is 35.2 Å². The van der Waals surface area contributed by atoms with Gasteiger partial charge < -0.3 is 14.6 Å². The average Bonchev–Trinajstić information content (AvgIpc) is 3.37. The quantitative estimate of drug-likeness (QED) is 0.695. The van der Waals surface area contributed by atoms with Gasteiger partial charge in [-0.05, 0) is 53.6 Å². The van der Waals surface area contributed by atoms with E-state index in [9.17, 15) is 0 Å². The summed E-state index contributed by atoms with van der Waals surface area (Å²) < 4.78 is 7.50. The van der Waals surface area contributed by atoms with E-state index in [0.717, 1.165) is 24.8 Å². The van der Waals surface area contributed by atoms with Crippen molar-refractivity contribution in [1.82, 2.24) is 9.55 Å². The molecule has 0 radical (unpaired) electrons. The van der Waals surface area contributed by atoms with Crippen molar-refractivity contribution in [1.29, 1.82) is 0 Å². The molecule has 1 N–H and O–H groups in total. The van der Waals surface area contributed by atoms with Gasteiger partial charge in [0, 0.05) is 24.6 Å². The number of benzene rings is 2. The molecule has 128 valence electrons. The van der Waals surface area contributed by atoms with Crippen molar-refractivity contribution in [2.75, 3.05) is 12.4 Å². The van der Waals surface area contributed by atoms with Crippen LogP contribution in [0.3, 0.4) is 0 Å². The molecule has 0 spiro atoms. The summed E-state index contributed by atoms with van der Waals surface area (Å²) in [5, 5.41) is 3.63. The highest BCUT2D eigenvalue weighted by Crippen LogP contribution is 2.42. The molecule has 0 saturated heterocycles. The lowest BCUT2D eigenvalue weighted by Gasteiger charge is -2.15. The molecule has 1 saturated carbocycles. The summed E-state index contributed by atoms with van der Waals surface area (Å²) in [6.45, 7) is 1.63. The van der Waals surface area contributed by atoms with E-state index in [0.29, 0.717) is 0 Å². The lowest BCUT2D eigenvalue weighted by molar-refractivity contribution is 0.414. The van der Waals surface area contributed by atoms with Crippen molar-refractivity contribution in [3.05, 3.63) is 77.9 Å². The highest BCUT2D eigenvalue weighted by molar-refractivity contribution is 5.52. The SMILES string of the molecule is COc1ccc(C2CC2)c(CNc2ccccc2Cn2ccnc2)c1. The first-order valence-corrected chi connectivity index (χ1v) is 8.78. The summed E-state index contributed by atoms with van der Waals surface area (Å²) in [7, 11) is 1.73. The molecule has 4 rings (SSSR count). The average molecular weight is 333 g/mol. The molecule has 1 heterocycles. The number of hydrogen-bond donors (Lipinski definition) is 1. The number of aromatic nitrogens is 2. The molecule has 1 aliphatic carbocycles. The van der Waals surface area contributed by atoms with Gasteiger partial charge >= 0.3 is 0 Å². The van der Waals surface area contributed by atoms with Gasteiger partial charge in [0.05, 0.1) is 20.0 Å². The fraction of sp³-hybridized carbons (Fsp3) is 0.286. The van der Waals surface area contributed by atoms with Crippen molar-refractivity contribution in [2.24, 2.45) is 0 Å². The summed E-state index contributed by atoms with van der Waals surface area (Å²) >= 11 is 0. The normalized spacial score (nSPS) is 13.6.